The minimum atomic E-state index is 0.322. The highest BCUT2D eigenvalue weighted by Crippen LogP contribution is 2.23. The van der Waals surface area contributed by atoms with Gasteiger partial charge in [-0.1, -0.05) is 20.8 Å². The van der Waals surface area contributed by atoms with E-state index >= 15 is 0 Å². The number of nitrogens with two attached hydrogens (primary N) is 1. The van der Waals surface area contributed by atoms with Gasteiger partial charge in [-0.3, -0.25) is 0 Å². The van der Waals surface area contributed by atoms with Gasteiger partial charge in [0.25, 0.3) is 0 Å². The second-order valence-electron chi connectivity index (χ2n) is 4.77. The fourth-order valence-corrected chi connectivity index (χ4v) is 2.08. The number of anilines is 2. The van der Waals surface area contributed by atoms with Crippen LogP contribution in [0, 0.1) is 5.41 Å². The summed E-state index contributed by atoms with van der Waals surface area (Å²) < 4.78 is 3.91. The minimum absolute atomic E-state index is 0.322. The molecule has 5 heteroatoms. The van der Waals surface area contributed by atoms with E-state index in [1.54, 1.807) is 0 Å². The van der Waals surface area contributed by atoms with Crippen molar-refractivity contribution < 1.29 is 0 Å². The van der Waals surface area contributed by atoms with E-state index in [4.69, 9.17) is 5.73 Å². The van der Waals surface area contributed by atoms with Gasteiger partial charge in [0.15, 0.2) is 0 Å². The van der Waals surface area contributed by atoms with Crippen LogP contribution in [0.15, 0.2) is 0 Å². The molecule has 14 heavy (non-hydrogen) atoms. The van der Waals surface area contributed by atoms with Crippen molar-refractivity contribution in [2.24, 2.45) is 5.41 Å². The third-order valence-electron chi connectivity index (χ3n) is 1.73. The summed E-state index contributed by atoms with van der Waals surface area (Å²) in [7, 11) is 0. The van der Waals surface area contributed by atoms with Gasteiger partial charge in [-0.2, -0.15) is 9.36 Å². The predicted octanol–water partition coefficient (Wildman–Crippen LogP) is 2.36. The Balaban J connectivity index is 2.45. The Morgan fingerprint density at radius 3 is 2.57 bits per heavy atom. The third kappa shape index (κ3) is 3.91. The van der Waals surface area contributed by atoms with Crippen molar-refractivity contribution in [3.05, 3.63) is 0 Å². The molecular weight excluding hydrogens is 196 g/mol. The van der Waals surface area contributed by atoms with Gasteiger partial charge in [-0.25, -0.2) is 0 Å². The molecule has 1 heterocycles. The molecule has 0 amide bonds. The first-order valence-corrected chi connectivity index (χ1v) is 5.50. The maximum atomic E-state index is 5.43. The fraction of sp³-hybridized carbons (Fsp3) is 0.778. The van der Waals surface area contributed by atoms with Crippen molar-refractivity contribution in [3.63, 3.8) is 0 Å². The number of nitrogens with one attached hydrogen (secondary N) is 1. The summed E-state index contributed by atoms with van der Waals surface area (Å²) in [5, 5.41) is 4.09. The Labute approximate surface area is 89.1 Å². The Morgan fingerprint density at radius 1 is 1.50 bits per heavy atom. The Kier molecular flexibility index (Phi) is 3.31. The molecule has 1 atom stereocenters. The molecule has 3 N–H and O–H groups in total. The summed E-state index contributed by atoms with van der Waals surface area (Å²) in [6.07, 6.45) is 1.09. The quantitative estimate of drug-likeness (QED) is 0.810. The lowest BCUT2D eigenvalue weighted by Gasteiger charge is -2.23. The number of nitrogen functional groups attached to an aromatic ring is 1. The molecule has 0 bridgehead atoms. The van der Waals surface area contributed by atoms with E-state index in [-0.39, 0.29) is 0 Å². The number of nitrogens with zero attached hydrogens (tertiary/aromatic N) is 2. The molecule has 4 nitrogen and oxygen atoms in total. The van der Waals surface area contributed by atoms with Crippen LogP contribution in [0.3, 0.4) is 0 Å². The van der Waals surface area contributed by atoms with Crippen molar-refractivity contribution in [2.45, 2.75) is 40.2 Å². The van der Waals surface area contributed by atoms with Crippen LogP contribution in [-0.2, 0) is 0 Å². The molecule has 1 aromatic rings. The molecule has 1 rings (SSSR count). The normalized spacial score (nSPS) is 14.0. The molecule has 80 valence electrons. The summed E-state index contributed by atoms with van der Waals surface area (Å²) >= 11 is 1.31. The van der Waals surface area contributed by atoms with E-state index < -0.39 is 0 Å². The largest absolute Gasteiger partial charge is 0.367 e. The lowest BCUT2D eigenvalue weighted by molar-refractivity contribution is 0.358. The summed E-state index contributed by atoms with van der Waals surface area (Å²) in [6.45, 7) is 8.81. The van der Waals surface area contributed by atoms with Gasteiger partial charge in [0.05, 0.1) is 0 Å². The van der Waals surface area contributed by atoms with Crippen LogP contribution >= 0.6 is 11.5 Å². The average Bonchev–Trinajstić information content (AvgIpc) is 2.30. The van der Waals surface area contributed by atoms with Crippen molar-refractivity contribution in [2.75, 3.05) is 11.1 Å². The van der Waals surface area contributed by atoms with Crippen molar-refractivity contribution >= 4 is 22.6 Å². The predicted molar refractivity (Wildman–Crippen MR) is 61.5 cm³/mol. The highest BCUT2D eigenvalue weighted by atomic mass is 32.1. The van der Waals surface area contributed by atoms with Gasteiger partial charge in [0.2, 0.25) is 11.1 Å². The minimum Gasteiger partial charge on any atom is -0.367 e. The van der Waals surface area contributed by atoms with Crippen LogP contribution < -0.4 is 11.1 Å². The second-order valence-corrected chi connectivity index (χ2v) is 5.52. The summed E-state index contributed by atoms with van der Waals surface area (Å²) in [4.78, 5) is 4.05. The van der Waals surface area contributed by atoms with Crippen LogP contribution in [0.4, 0.5) is 11.1 Å². The van der Waals surface area contributed by atoms with E-state index in [9.17, 15) is 0 Å². The topological polar surface area (TPSA) is 63.8 Å². The van der Waals surface area contributed by atoms with Crippen LogP contribution in [0.1, 0.15) is 34.1 Å². The number of aromatic nitrogens is 2. The summed E-state index contributed by atoms with van der Waals surface area (Å²) in [5.74, 6) is 0.348. The molecule has 0 aromatic carbocycles. The average molecular weight is 214 g/mol. The Bertz CT molecular complexity index is 289. The molecule has 0 aliphatic heterocycles. The highest BCUT2D eigenvalue weighted by molar-refractivity contribution is 7.09. The molecule has 0 aliphatic carbocycles. The van der Waals surface area contributed by atoms with E-state index in [1.807, 2.05) is 0 Å². The maximum absolute atomic E-state index is 5.43. The van der Waals surface area contributed by atoms with Crippen molar-refractivity contribution in [3.8, 4) is 0 Å². The number of hydrogen-bond acceptors (Lipinski definition) is 5. The van der Waals surface area contributed by atoms with Gasteiger partial charge >= 0.3 is 0 Å². The van der Waals surface area contributed by atoms with Gasteiger partial charge in [0.1, 0.15) is 0 Å². The monoisotopic (exact) mass is 214 g/mol. The van der Waals surface area contributed by atoms with E-state index in [0.717, 1.165) is 11.6 Å². The summed E-state index contributed by atoms with van der Waals surface area (Å²) in [5.41, 5.74) is 5.75. The van der Waals surface area contributed by atoms with Crippen molar-refractivity contribution in [1.29, 1.82) is 0 Å². The lowest BCUT2D eigenvalue weighted by Crippen LogP contribution is -2.22. The zero-order chi connectivity index (χ0) is 10.8. The zero-order valence-electron chi connectivity index (χ0n) is 9.16. The molecular formula is C9H18N4S. The van der Waals surface area contributed by atoms with E-state index in [1.165, 1.54) is 11.5 Å². The van der Waals surface area contributed by atoms with E-state index in [0.29, 0.717) is 17.4 Å². The zero-order valence-corrected chi connectivity index (χ0v) is 9.98. The third-order valence-corrected chi connectivity index (χ3v) is 2.39. The molecule has 0 radical (unpaired) electrons. The first-order valence-electron chi connectivity index (χ1n) is 4.72. The van der Waals surface area contributed by atoms with Crippen LogP contribution in [0.2, 0.25) is 0 Å². The lowest BCUT2D eigenvalue weighted by atomic mass is 9.89. The standard InChI is InChI=1S/C9H18N4S/c1-6(5-9(2,3)4)11-8-12-7(10)13-14-8/h6H,5H2,1-4H3,(H3,10,11,12,13). The SMILES string of the molecule is CC(CC(C)(C)C)Nc1nc(N)ns1. The number of rotatable bonds is 3. The molecule has 0 saturated heterocycles. The van der Waals surface area contributed by atoms with Gasteiger partial charge in [-0.05, 0) is 18.8 Å². The molecule has 0 fully saturated rings. The molecule has 1 aromatic heterocycles. The fourth-order valence-electron chi connectivity index (χ4n) is 1.47. The summed E-state index contributed by atoms with van der Waals surface area (Å²) in [6, 6.07) is 0.391. The Hall–Kier alpha value is -0.840. The molecule has 0 saturated carbocycles. The second kappa shape index (κ2) is 4.13. The maximum Gasteiger partial charge on any atom is 0.233 e. The van der Waals surface area contributed by atoms with E-state index in [2.05, 4.69) is 42.4 Å². The van der Waals surface area contributed by atoms with Crippen LogP contribution in [-0.4, -0.2) is 15.4 Å². The molecule has 1 unspecified atom stereocenters. The Morgan fingerprint density at radius 2 is 2.14 bits per heavy atom. The first kappa shape index (κ1) is 11.2. The van der Waals surface area contributed by atoms with Crippen LogP contribution in [0.25, 0.3) is 0 Å². The van der Waals surface area contributed by atoms with Crippen LogP contribution in [0.5, 0.6) is 0 Å². The molecule has 0 aliphatic rings. The molecule has 0 spiro atoms. The smallest absolute Gasteiger partial charge is 0.233 e. The highest BCUT2D eigenvalue weighted by Gasteiger charge is 2.15. The van der Waals surface area contributed by atoms with Gasteiger partial charge in [-0.15, -0.1) is 0 Å². The van der Waals surface area contributed by atoms with Gasteiger partial charge in [0, 0.05) is 17.6 Å². The number of hydrogen-bond donors (Lipinski definition) is 2. The van der Waals surface area contributed by atoms with Crippen molar-refractivity contribution in [1.82, 2.24) is 9.36 Å². The van der Waals surface area contributed by atoms with Gasteiger partial charge < -0.3 is 11.1 Å². The first-order chi connectivity index (χ1) is 6.37.